The Bertz CT molecular complexity index is 888. The highest BCUT2D eigenvalue weighted by atomic mass is 79.9. The molecule has 0 unspecified atom stereocenters. The van der Waals surface area contributed by atoms with Gasteiger partial charge in [-0.05, 0) is 56.5 Å². The van der Waals surface area contributed by atoms with E-state index in [9.17, 15) is 23.3 Å². The third-order valence-corrected chi connectivity index (χ3v) is 6.40. The number of nitrogens with zero attached hydrogens (tertiary/aromatic N) is 1. The van der Waals surface area contributed by atoms with E-state index in [1.807, 2.05) is 0 Å². The molecule has 0 saturated carbocycles. The van der Waals surface area contributed by atoms with Gasteiger partial charge in [-0.2, -0.15) is 0 Å². The summed E-state index contributed by atoms with van der Waals surface area (Å²) in [5, 5.41) is 11.0. The Balaban J connectivity index is 2.19. The number of hydrogen-bond acceptors (Lipinski definition) is 6. The van der Waals surface area contributed by atoms with Crippen LogP contribution in [0.2, 0.25) is 0 Å². The summed E-state index contributed by atoms with van der Waals surface area (Å²) < 4.78 is 33.2. The highest BCUT2D eigenvalue weighted by Gasteiger charge is 2.33. The van der Waals surface area contributed by atoms with Crippen LogP contribution >= 0.6 is 31.9 Å². The number of nitrogens with one attached hydrogen (secondary N) is 1. The highest BCUT2D eigenvalue weighted by molar-refractivity contribution is 9.13. The van der Waals surface area contributed by atoms with Crippen LogP contribution in [-0.4, -0.2) is 38.4 Å². The molecule has 140 valence electrons. The van der Waals surface area contributed by atoms with E-state index in [0.717, 1.165) is 6.07 Å². The summed E-state index contributed by atoms with van der Waals surface area (Å²) in [6, 6.07) is 5.09. The summed E-state index contributed by atoms with van der Waals surface area (Å²) in [4.78, 5) is 21.6. The number of carbonyl (C=O) groups is 1. The number of sulfonamides is 1. The molecule has 11 heteroatoms. The molecule has 0 spiro atoms. The molecule has 1 aliphatic rings. The number of para-hydroxylation sites is 1. The zero-order valence-corrected chi connectivity index (χ0v) is 17.4. The number of ketones is 1. The first-order chi connectivity index (χ1) is 12.1. The molecule has 1 aromatic carbocycles. The van der Waals surface area contributed by atoms with Crippen LogP contribution in [0.25, 0.3) is 0 Å². The van der Waals surface area contributed by atoms with Crippen LogP contribution in [0.5, 0.6) is 0 Å². The predicted octanol–water partition coefficient (Wildman–Crippen LogP) is 2.79. The molecular formula is C15H14Br2N2O6S. The molecular weight excluding hydrogens is 496 g/mol. The van der Waals surface area contributed by atoms with Gasteiger partial charge in [-0.3, -0.25) is 14.9 Å². The van der Waals surface area contributed by atoms with Crippen molar-refractivity contribution in [3.63, 3.8) is 0 Å². The zero-order valence-electron chi connectivity index (χ0n) is 13.4. The lowest BCUT2D eigenvalue weighted by atomic mass is 9.93. The van der Waals surface area contributed by atoms with Crippen LogP contribution in [0.1, 0.15) is 6.42 Å². The fourth-order valence-corrected chi connectivity index (χ4v) is 5.04. The third-order valence-electron chi connectivity index (χ3n) is 3.72. The van der Waals surface area contributed by atoms with Crippen molar-refractivity contribution in [3.05, 3.63) is 55.5 Å². The molecule has 0 saturated heterocycles. The van der Waals surface area contributed by atoms with Gasteiger partial charge in [-0.25, -0.2) is 13.1 Å². The first-order valence-electron chi connectivity index (χ1n) is 7.21. The van der Waals surface area contributed by atoms with Crippen LogP contribution in [0.3, 0.4) is 0 Å². The van der Waals surface area contributed by atoms with Crippen LogP contribution in [0.15, 0.2) is 50.3 Å². The Morgan fingerprint density at radius 3 is 2.35 bits per heavy atom. The maximum atomic E-state index is 12.4. The maximum Gasteiger partial charge on any atom is 0.289 e. The molecule has 0 amide bonds. The molecule has 1 aromatic rings. The molecule has 2 rings (SSSR count). The van der Waals surface area contributed by atoms with Crippen molar-refractivity contribution in [2.24, 2.45) is 0 Å². The zero-order chi connectivity index (χ0) is 19.5. The van der Waals surface area contributed by atoms with E-state index in [-0.39, 0.29) is 27.7 Å². The number of carbonyl (C=O) groups excluding carboxylic acids is 1. The van der Waals surface area contributed by atoms with Crippen LogP contribution < -0.4 is 4.72 Å². The first kappa shape index (κ1) is 20.9. The number of nitro groups is 1. The standard InChI is InChI=1S/C15H14Br2N2O6S/c1-25-15(8-10(16)14(20)11(17)9-15)6-7-18-26(23,24)13-5-3-2-4-12(13)19(21)22/h2-5,8-9,18H,6-7H2,1H3. The van der Waals surface area contributed by atoms with Crippen molar-refractivity contribution in [3.8, 4) is 0 Å². The lowest BCUT2D eigenvalue weighted by Gasteiger charge is -2.29. The van der Waals surface area contributed by atoms with Gasteiger partial charge in [0.1, 0.15) is 5.60 Å². The monoisotopic (exact) mass is 508 g/mol. The van der Waals surface area contributed by atoms with Crippen LogP contribution in [0.4, 0.5) is 5.69 Å². The molecule has 26 heavy (non-hydrogen) atoms. The van der Waals surface area contributed by atoms with E-state index in [4.69, 9.17) is 4.74 Å². The SMILES string of the molecule is COC1(CCNS(=O)(=O)c2ccccc2[N+](=O)[O-])C=C(Br)C(=O)C(Br)=C1. The van der Waals surface area contributed by atoms with Crippen LogP contribution in [0, 0.1) is 10.1 Å². The normalized spacial score (nSPS) is 16.8. The Labute approximate surface area is 166 Å². The molecule has 0 bridgehead atoms. The minimum atomic E-state index is -4.09. The van der Waals surface area contributed by atoms with Gasteiger partial charge in [0, 0.05) is 19.7 Å². The number of halogens is 2. The van der Waals surface area contributed by atoms with Gasteiger partial charge in [0.2, 0.25) is 15.8 Å². The van der Waals surface area contributed by atoms with E-state index >= 15 is 0 Å². The molecule has 0 heterocycles. The van der Waals surface area contributed by atoms with E-state index in [2.05, 4.69) is 36.6 Å². The average Bonchev–Trinajstić information content (AvgIpc) is 2.59. The second-order valence-corrected chi connectivity index (χ2v) is 8.79. The summed E-state index contributed by atoms with van der Waals surface area (Å²) in [6.07, 6.45) is 3.25. The quantitative estimate of drug-likeness (QED) is 0.446. The number of rotatable bonds is 7. The number of hydrogen-bond donors (Lipinski definition) is 1. The second-order valence-electron chi connectivity index (χ2n) is 5.35. The molecule has 0 fully saturated rings. The molecule has 0 aromatic heterocycles. The van der Waals surface area contributed by atoms with E-state index < -0.39 is 31.1 Å². The van der Waals surface area contributed by atoms with Crippen molar-refractivity contribution >= 4 is 53.4 Å². The smallest absolute Gasteiger partial charge is 0.289 e. The van der Waals surface area contributed by atoms with Gasteiger partial charge in [0.15, 0.2) is 4.90 Å². The number of allylic oxidation sites excluding steroid dienone is 2. The molecule has 0 radical (unpaired) electrons. The fraction of sp³-hybridized carbons (Fsp3) is 0.267. The van der Waals surface area contributed by atoms with Crippen LogP contribution in [-0.2, 0) is 19.6 Å². The second kappa shape index (κ2) is 8.09. The molecule has 0 atom stereocenters. The summed E-state index contributed by atoms with van der Waals surface area (Å²) in [5.41, 5.74) is -1.51. The van der Waals surface area contributed by atoms with Gasteiger partial charge in [-0.1, -0.05) is 12.1 Å². The van der Waals surface area contributed by atoms with Crippen molar-refractivity contribution in [1.29, 1.82) is 0 Å². The first-order valence-corrected chi connectivity index (χ1v) is 10.3. The topological polar surface area (TPSA) is 116 Å². The van der Waals surface area contributed by atoms with Crippen molar-refractivity contribution < 1.29 is 22.9 Å². The minimum absolute atomic E-state index is 0.0655. The van der Waals surface area contributed by atoms with Crippen molar-refractivity contribution in [2.75, 3.05) is 13.7 Å². The number of benzene rings is 1. The maximum absolute atomic E-state index is 12.4. The van der Waals surface area contributed by atoms with Crippen molar-refractivity contribution in [1.82, 2.24) is 4.72 Å². The summed E-state index contributed by atoms with van der Waals surface area (Å²) in [7, 11) is -2.66. The Kier molecular flexibility index (Phi) is 6.51. The largest absolute Gasteiger partial charge is 0.370 e. The Hall–Kier alpha value is -1.40. The predicted molar refractivity (Wildman–Crippen MR) is 102 cm³/mol. The van der Waals surface area contributed by atoms with Gasteiger partial charge < -0.3 is 4.74 Å². The molecule has 1 aliphatic carbocycles. The summed E-state index contributed by atoms with van der Waals surface area (Å²) >= 11 is 6.30. The molecule has 1 N–H and O–H groups in total. The van der Waals surface area contributed by atoms with E-state index in [1.54, 1.807) is 12.2 Å². The number of Topliss-reactive ketones (excluding diaryl/α,β-unsaturated/α-hetero) is 1. The number of methoxy groups -OCH3 is 1. The van der Waals surface area contributed by atoms with Gasteiger partial charge in [0.05, 0.1) is 13.9 Å². The summed E-state index contributed by atoms with van der Waals surface area (Å²) in [5.74, 6) is -0.252. The average molecular weight is 510 g/mol. The Morgan fingerprint density at radius 1 is 1.23 bits per heavy atom. The highest BCUT2D eigenvalue weighted by Crippen LogP contribution is 2.33. The van der Waals surface area contributed by atoms with E-state index in [1.165, 1.54) is 25.3 Å². The fourth-order valence-electron chi connectivity index (χ4n) is 2.37. The number of nitro benzene ring substituents is 1. The molecule has 8 nitrogen and oxygen atoms in total. The lowest BCUT2D eigenvalue weighted by molar-refractivity contribution is -0.387. The van der Waals surface area contributed by atoms with Gasteiger partial charge >= 0.3 is 0 Å². The lowest BCUT2D eigenvalue weighted by Crippen LogP contribution is -2.36. The van der Waals surface area contributed by atoms with E-state index in [0.29, 0.717) is 0 Å². The number of ether oxygens (including phenoxy) is 1. The summed E-state index contributed by atoms with van der Waals surface area (Å²) in [6.45, 7) is -0.0655. The minimum Gasteiger partial charge on any atom is -0.370 e. The van der Waals surface area contributed by atoms with Crippen molar-refractivity contribution in [2.45, 2.75) is 16.9 Å². The Morgan fingerprint density at radius 2 is 1.81 bits per heavy atom. The third kappa shape index (κ3) is 4.46. The van der Waals surface area contributed by atoms with Gasteiger partial charge in [-0.15, -0.1) is 0 Å². The van der Waals surface area contributed by atoms with Gasteiger partial charge in [0.25, 0.3) is 5.69 Å². The molecule has 0 aliphatic heterocycles.